The van der Waals surface area contributed by atoms with Gasteiger partial charge in [0.1, 0.15) is 5.75 Å². The molecule has 1 aromatic carbocycles. The maximum atomic E-state index is 12.7. The molecular weight excluding hydrogens is 302 g/mol. The van der Waals surface area contributed by atoms with Crippen molar-refractivity contribution in [1.29, 1.82) is 0 Å². The number of nitrogens with one attached hydrogen (secondary N) is 1. The molecule has 0 radical (unpaired) electrons. The lowest BCUT2D eigenvalue weighted by Crippen LogP contribution is -2.38. The maximum Gasteiger partial charge on any atom is 0.253 e. The van der Waals surface area contributed by atoms with Gasteiger partial charge in [-0.15, -0.1) is 0 Å². The van der Waals surface area contributed by atoms with E-state index >= 15 is 0 Å². The fourth-order valence-corrected chi connectivity index (χ4v) is 3.05. The van der Waals surface area contributed by atoms with E-state index in [0.29, 0.717) is 24.0 Å². The van der Waals surface area contributed by atoms with Crippen LogP contribution in [0.15, 0.2) is 36.5 Å². The highest BCUT2D eigenvalue weighted by molar-refractivity contribution is 5.94. The van der Waals surface area contributed by atoms with Crippen LogP contribution in [-0.2, 0) is 0 Å². The Bertz CT molecular complexity index is 659. The summed E-state index contributed by atoms with van der Waals surface area (Å²) in [4.78, 5) is 14.7. The average Bonchev–Trinajstić information content (AvgIpc) is 3.14. The first-order valence-corrected chi connectivity index (χ1v) is 8.65. The fraction of sp³-hybridized carbons (Fsp3) is 0.474. The van der Waals surface area contributed by atoms with Crippen molar-refractivity contribution in [3.8, 4) is 5.75 Å². The molecule has 128 valence electrons. The van der Waals surface area contributed by atoms with Gasteiger partial charge in [0.2, 0.25) is 0 Å². The number of aromatic amines is 1. The molecule has 2 heterocycles. The minimum Gasteiger partial charge on any atom is -0.493 e. The number of piperidine rings is 1. The van der Waals surface area contributed by atoms with Crippen LogP contribution in [0.2, 0.25) is 0 Å². The van der Waals surface area contributed by atoms with E-state index in [4.69, 9.17) is 4.74 Å². The van der Waals surface area contributed by atoms with E-state index < -0.39 is 0 Å². The van der Waals surface area contributed by atoms with Crippen LogP contribution in [0.25, 0.3) is 0 Å². The topological polar surface area (TPSA) is 58.2 Å². The van der Waals surface area contributed by atoms with Crippen molar-refractivity contribution in [3.63, 3.8) is 0 Å². The molecule has 2 aromatic rings. The Balaban J connectivity index is 1.60. The number of likely N-dealkylation sites (tertiary alicyclic amines) is 1. The van der Waals surface area contributed by atoms with Crippen LogP contribution >= 0.6 is 0 Å². The third-order valence-corrected chi connectivity index (χ3v) is 4.41. The minimum atomic E-state index is 0.0908. The van der Waals surface area contributed by atoms with Gasteiger partial charge in [-0.1, -0.05) is 19.9 Å². The van der Waals surface area contributed by atoms with Gasteiger partial charge in [0.05, 0.1) is 6.61 Å². The summed E-state index contributed by atoms with van der Waals surface area (Å²) in [6, 6.07) is 9.54. The van der Waals surface area contributed by atoms with E-state index in [-0.39, 0.29) is 5.91 Å². The number of carbonyl (C=O) groups excluding carboxylic acids is 1. The molecule has 5 nitrogen and oxygen atoms in total. The van der Waals surface area contributed by atoms with Crippen molar-refractivity contribution in [2.24, 2.45) is 5.92 Å². The molecule has 1 saturated heterocycles. The molecule has 1 amide bonds. The largest absolute Gasteiger partial charge is 0.493 e. The normalized spacial score (nSPS) is 15.7. The molecule has 1 N–H and O–H groups in total. The van der Waals surface area contributed by atoms with Gasteiger partial charge in [-0.3, -0.25) is 9.89 Å². The highest BCUT2D eigenvalue weighted by atomic mass is 16.5. The number of rotatable bonds is 5. The van der Waals surface area contributed by atoms with Crippen molar-refractivity contribution >= 4 is 5.91 Å². The monoisotopic (exact) mass is 327 g/mol. The Morgan fingerprint density at radius 2 is 2.12 bits per heavy atom. The molecule has 0 saturated carbocycles. The summed E-state index contributed by atoms with van der Waals surface area (Å²) in [7, 11) is 0. The van der Waals surface area contributed by atoms with Crippen LogP contribution in [0.5, 0.6) is 5.75 Å². The van der Waals surface area contributed by atoms with E-state index in [1.807, 2.05) is 35.2 Å². The number of H-pyrrole nitrogens is 1. The van der Waals surface area contributed by atoms with Crippen molar-refractivity contribution in [1.82, 2.24) is 15.1 Å². The van der Waals surface area contributed by atoms with Crippen LogP contribution in [0.1, 0.15) is 48.7 Å². The number of hydrogen-bond donors (Lipinski definition) is 1. The van der Waals surface area contributed by atoms with Crippen molar-refractivity contribution in [3.05, 3.63) is 47.8 Å². The Morgan fingerprint density at radius 1 is 1.33 bits per heavy atom. The van der Waals surface area contributed by atoms with E-state index in [1.165, 1.54) is 5.69 Å². The van der Waals surface area contributed by atoms with Gasteiger partial charge in [-0.25, -0.2) is 0 Å². The number of benzene rings is 1. The van der Waals surface area contributed by atoms with Crippen molar-refractivity contribution in [2.75, 3.05) is 19.7 Å². The van der Waals surface area contributed by atoms with E-state index in [2.05, 4.69) is 24.0 Å². The van der Waals surface area contributed by atoms with Gasteiger partial charge in [0, 0.05) is 36.5 Å². The number of amides is 1. The zero-order valence-corrected chi connectivity index (χ0v) is 14.4. The number of aromatic nitrogens is 2. The highest BCUT2D eigenvalue weighted by Crippen LogP contribution is 2.27. The molecule has 0 bridgehead atoms. The molecule has 0 atom stereocenters. The lowest BCUT2D eigenvalue weighted by molar-refractivity contribution is 0.0711. The van der Waals surface area contributed by atoms with Gasteiger partial charge in [0.25, 0.3) is 5.91 Å². The van der Waals surface area contributed by atoms with Crippen molar-refractivity contribution < 1.29 is 9.53 Å². The first-order chi connectivity index (χ1) is 11.6. The third-order valence-electron chi connectivity index (χ3n) is 4.41. The summed E-state index contributed by atoms with van der Waals surface area (Å²) in [5.41, 5.74) is 1.88. The summed E-state index contributed by atoms with van der Waals surface area (Å²) in [5.74, 6) is 1.79. The zero-order valence-electron chi connectivity index (χ0n) is 14.4. The predicted molar refractivity (Wildman–Crippen MR) is 93.2 cm³/mol. The number of carbonyl (C=O) groups is 1. The third kappa shape index (κ3) is 3.96. The Kier molecular flexibility index (Phi) is 5.18. The summed E-state index contributed by atoms with van der Waals surface area (Å²) in [5, 5.41) is 7.06. The standard InChI is InChI=1S/C19H25N3O2/c1-14(2)13-24-17-5-3-4-16(12-17)19(23)22-10-7-15(8-11-22)18-6-9-20-21-18/h3-6,9,12,14-15H,7-8,10-11,13H2,1-2H3,(H,20,21). The number of nitrogens with zero attached hydrogens (tertiary/aromatic N) is 2. The van der Waals surface area contributed by atoms with E-state index in [9.17, 15) is 4.79 Å². The summed E-state index contributed by atoms with van der Waals surface area (Å²) in [6.45, 7) is 6.43. The quantitative estimate of drug-likeness (QED) is 0.915. The van der Waals surface area contributed by atoms with Crippen molar-refractivity contribution in [2.45, 2.75) is 32.6 Å². The van der Waals surface area contributed by atoms with E-state index in [1.54, 1.807) is 6.20 Å². The molecular formula is C19H25N3O2. The second-order valence-electron chi connectivity index (χ2n) is 6.81. The van der Waals surface area contributed by atoms with Crippen LogP contribution in [0.4, 0.5) is 0 Å². The number of ether oxygens (including phenoxy) is 1. The maximum absolute atomic E-state index is 12.7. The SMILES string of the molecule is CC(C)COc1cccc(C(=O)N2CCC(c3ccn[nH]3)CC2)c1. The van der Waals surface area contributed by atoms with Gasteiger partial charge in [-0.2, -0.15) is 5.10 Å². The lowest BCUT2D eigenvalue weighted by Gasteiger charge is -2.31. The molecule has 5 heteroatoms. The molecule has 1 aliphatic heterocycles. The first-order valence-electron chi connectivity index (χ1n) is 8.65. The Labute approximate surface area is 143 Å². The second-order valence-corrected chi connectivity index (χ2v) is 6.81. The average molecular weight is 327 g/mol. The van der Waals surface area contributed by atoms with Gasteiger partial charge in [-0.05, 0) is 43.0 Å². The fourth-order valence-electron chi connectivity index (χ4n) is 3.05. The minimum absolute atomic E-state index is 0.0908. The van der Waals surface area contributed by atoms with Crippen LogP contribution < -0.4 is 4.74 Å². The molecule has 0 spiro atoms. The first kappa shape index (κ1) is 16.6. The Hall–Kier alpha value is -2.30. The summed E-state index contributed by atoms with van der Waals surface area (Å²) in [6.07, 6.45) is 3.73. The molecule has 1 aliphatic rings. The number of hydrogen-bond acceptors (Lipinski definition) is 3. The van der Waals surface area contributed by atoms with Crippen LogP contribution in [0, 0.1) is 5.92 Å². The molecule has 1 aromatic heterocycles. The van der Waals surface area contributed by atoms with E-state index in [0.717, 1.165) is 31.7 Å². The highest BCUT2D eigenvalue weighted by Gasteiger charge is 2.25. The predicted octanol–water partition coefficient (Wildman–Crippen LogP) is 3.46. The summed E-state index contributed by atoms with van der Waals surface area (Å²) < 4.78 is 5.73. The molecule has 0 unspecified atom stereocenters. The molecule has 1 fully saturated rings. The second kappa shape index (κ2) is 7.51. The zero-order chi connectivity index (χ0) is 16.9. The molecule has 24 heavy (non-hydrogen) atoms. The smallest absolute Gasteiger partial charge is 0.253 e. The van der Waals surface area contributed by atoms with Gasteiger partial charge < -0.3 is 9.64 Å². The lowest BCUT2D eigenvalue weighted by atomic mass is 9.93. The van der Waals surface area contributed by atoms with Crippen LogP contribution in [0.3, 0.4) is 0 Å². The molecule has 0 aliphatic carbocycles. The summed E-state index contributed by atoms with van der Waals surface area (Å²) >= 11 is 0. The van der Waals surface area contributed by atoms with Crippen LogP contribution in [-0.4, -0.2) is 40.7 Å². The van der Waals surface area contributed by atoms with Gasteiger partial charge >= 0.3 is 0 Å². The van der Waals surface area contributed by atoms with Gasteiger partial charge in [0.15, 0.2) is 0 Å². The Morgan fingerprint density at radius 3 is 2.79 bits per heavy atom. The molecule has 3 rings (SSSR count).